The van der Waals surface area contributed by atoms with Gasteiger partial charge in [0.1, 0.15) is 5.75 Å². The van der Waals surface area contributed by atoms with E-state index >= 15 is 0 Å². The van der Waals surface area contributed by atoms with Crippen LogP contribution in [0.1, 0.15) is 12.5 Å². The second kappa shape index (κ2) is 6.35. The average molecular weight is 263 g/mol. The SMILES string of the molecule is C/C=C/C=C/C(=O)Oc1ccc2cc(C#N)ccc2c1. The minimum atomic E-state index is -0.420. The van der Waals surface area contributed by atoms with Gasteiger partial charge >= 0.3 is 5.97 Å². The molecule has 0 aliphatic rings. The van der Waals surface area contributed by atoms with Gasteiger partial charge in [0, 0.05) is 6.08 Å². The Kier molecular flexibility index (Phi) is 4.31. The van der Waals surface area contributed by atoms with E-state index < -0.39 is 5.97 Å². The Labute approximate surface area is 117 Å². The molecule has 3 nitrogen and oxygen atoms in total. The zero-order chi connectivity index (χ0) is 14.4. The summed E-state index contributed by atoms with van der Waals surface area (Å²) in [4.78, 5) is 11.5. The van der Waals surface area contributed by atoms with Crippen LogP contribution in [-0.2, 0) is 4.79 Å². The molecule has 0 fully saturated rings. The van der Waals surface area contributed by atoms with Crippen molar-refractivity contribution in [3.8, 4) is 11.8 Å². The van der Waals surface area contributed by atoms with Gasteiger partial charge in [-0.15, -0.1) is 0 Å². The Bertz CT molecular complexity index is 736. The molecule has 0 saturated heterocycles. The van der Waals surface area contributed by atoms with Crippen LogP contribution < -0.4 is 4.74 Å². The summed E-state index contributed by atoms with van der Waals surface area (Å²) in [6.45, 7) is 1.87. The van der Waals surface area contributed by atoms with E-state index in [1.165, 1.54) is 6.08 Å². The quantitative estimate of drug-likeness (QED) is 0.367. The van der Waals surface area contributed by atoms with E-state index in [0.717, 1.165) is 10.8 Å². The Morgan fingerprint density at radius 3 is 2.65 bits per heavy atom. The number of fused-ring (bicyclic) bond motifs is 1. The standard InChI is InChI=1S/C17H13NO2/c1-2-3-4-5-17(19)20-16-9-8-14-10-13(12-18)6-7-15(14)11-16/h2-11H,1H3/b3-2+,5-4+. The Hall–Kier alpha value is -2.86. The lowest BCUT2D eigenvalue weighted by Gasteiger charge is -2.03. The van der Waals surface area contributed by atoms with E-state index in [4.69, 9.17) is 10.00 Å². The fourth-order valence-electron chi connectivity index (χ4n) is 1.75. The number of carbonyl (C=O) groups excluding carboxylic acids is 1. The van der Waals surface area contributed by atoms with E-state index in [-0.39, 0.29) is 0 Å². The first-order valence-electron chi connectivity index (χ1n) is 6.18. The van der Waals surface area contributed by atoms with Crippen molar-refractivity contribution in [2.24, 2.45) is 0 Å². The molecule has 0 aromatic heterocycles. The Balaban J connectivity index is 2.20. The van der Waals surface area contributed by atoms with Crippen molar-refractivity contribution in [1.82, 2.24) is 0 Å². The highest BCUT2D eigenvalue weighted by molar-refractivity contribution is 5.88. The summed E-state index contributed by atoms with van der Waals surface area (Å²) >= 11 is 0. The van der Waals surface area contributed by atoms with Crippen molar-refractivity contribution in [2.45, 2.75) is 6.92 Å². The first kappa shape index (κ1) is 13.6. The minimum Gasteiger partial charge on any atom is -0.423 e. The molecule has 0 unspecified atom stereocenters. The summed E-state index contributed by atoms with van der Waals surface area (Å²) in [5.41, 5.74) is 0.608. The molecule has 0 amide bonds. The van der Waals surface area contributed by atoms with Crippen LogP contribution in [0.25, 0.3) is 10.8 Å². The minimum absolute atomic E-state index is 0.420. The van der Waals surface area contributed by atoms with Crippen molar-refractivity contribution in [1.29, 1.82) is 5.26 Å². The van der Waals surface area contributed by atoms with Crippen molar-refractivity contribution in [3.63, 3.8) is 0 Å². The van der Waals surface area contributed by atoms with Gasteiger partial charge in [-0.3, -0.25) is 0 Å². The van der Waals surface area contributed by atoms with Crippen LogP contribution in [0, 0.1) is 11.3 Å². The van der Waals surface area contributed by atoms with Crippen molar-refractivity contribution in [2.75, 3.05) is 0 Å². The van der Waals surface area contributed by atoms with Crippen molar-refractivity contribution >= 4 is 16.7 Å². The molecule has 98 valence electrons. The third kappa shape index (κ3) is 3.33. The third-order valence-electron chi connectivity index (χ3n) is 2.70. The zero-order valence-electron chi connectivity index (χ0n) is 11.0. The van der Waals surface area contributed by atoms with Crippen LogP contribution in [0.5, 0.6) is 5.75 Å². The molecule has 2 aromatic carbocycles. The van der Waals surface area contributed by atoms with Crippen LogP contribution in [0.4, 0.5) is 0 Å². The van der Waals surface area contributed by atoms with E-state index in [1.54, 1.807) is 36.4 Å². The van der Waals surface area contributed by atoms with Crippen LogP contribution in [0.3, 0.4) is 0 Å². The molecule has 0 heterocycles. The molecule has 0 N–H and O–H groups in total. The average Bonchev–Trinajstić information content (AvgIpc) is 2.47. The van der Waals surface area contributed by atoms with Gasteiger partial charge in [0.05, 0.1) is 11.6 Å². The molecule has 0 aliphatic heterocycles. The van der Waals surface area contributed by atoms with Crippen LogP contribution in [-0.4, -0.2) is 5.97 Å². The van der Waals surface area contributed by atoms with Gasteiger partial charge in [0.25, 0.3) is 0 Å². The third-order valence-corrected chi connectivity index (χ3v) is 2.70. The maximum absolute atomic E-state index is 11.5. The largest absolute Gasteiger partial charge is 0.423 e. The summed E-state index contributed by atoms with van der Waals surface area (Å²) in [5.74, 6) is 0.0634. The van der Waals surface area contributed by atoms with E-state index in [2.05, 4.69) is 6.07 Å². The van der Waals surface area contributed by atoms with E-state index in [0.29, 0.717) is 11.3 Å². The fraction of sp³-hybridized carbons (Fsp3) is 0.0588. The lowest BCUT2D eigenvalue weighted by molar-refractivity contribution is -0.128. The summed E-state index contributed by atoms with van der Waals surface area (Å²) in [7, 11) is 0. The first-order chi connectivity index (χ1) is 9.72. The van der Waals surface area contributed by atoms with Gasteiger partial charge in [-0.05, 0) is 42.0 Å². The highest BCUT2D eigenvalue weighted by atomic mass is 16.5. The highest BCUT2D eigenvalue weighted by Crippen LogP contribution is 2.22. The number of hydrogen-bond acceptors (Lipinski definition) is 3. The van der Waals surface area contributed by atoms with Gasteiger partial charge in [0.2, 0.25) is 0 Å². The second-order valence-electron chi connectivity index (χ2n) is 4.14. The number of carbonyl (C=O) groups is 1. The smallest absolute Gasteiger partial charge is 0.336 e. The molecule has 0 radical (unpaired) electrons. The normalized spacial score (nSPS) is 11.0. The molecule has 3 heteroatoms. The molecular formula is C17H13NO2. The van der Waals surface area contributed by atoms with Crippen molar-refractivity contribution < 1.29 is 9.53 Å². The molecule has 0 spiro atoms. The Morgan fingerprint density at radius 2 is 1.90 bits per heavy atom. The lowest BCUT2D eigenvalue weighted by Crippen LogP contribution is -2.03. The molecule has 0 bridgehead atoms. The number of nitrogens with zero attached hydrogens (tertiary/aromatic N) is 1. The lowest BCUT2D eigenvalue weighted by atomic mass is 10.1. The molecule has 2 aromatic rings. The number of allylic oxidation sites excluding steroid dienone is 3. The molecule has 2 rings (SSSR count). The van der Waals surface area contributed by atoms with Crippen LogP contribution >= 0.6 is 0 Å². The number of esters is 1. The topological polar surface area (TPSA) is 50.1 Å². The van der Waals surface area contributed by atoms with Crippen molar-refractivity contribution in [3.05, 3.63) is 66.3 Å². The number of ether oxygens (including phenoxy) is 1. The first-order valence-corrected chi connectivity index (χ1v) is 6.18. The highest BCUT2D eigenvalue weighted by Gasteiger charge is 2.02. The van der Waals surface area contributed by atoms with E-state index in [9.17, 15) is 4.79 Å². The van der Waals surface area contributed by atoms with Crippen LogP contribution in [0.15, 0.2) is 60.7 Å². The fourth-order valence-corrected chi connectivity index (χ4v) is 1.75. The molecule has 0 saturated carbocycles. The van der Waals surface area contributed by atoms with Crippen LogP contribution in [0.2, 0.25) is 0 Å². The van der Waals surface area contributed by atoms with Gasteiger partial charge in [-0.25, -0.2) is 4.79 Å². The summed E-state index contributed by atoms with van der Waals surface area (Å²) in [5, 5.41) is 10.7. The van der Waals surface area contributed by atoms with Gasteiger partial charge in [0.15, 0.2) is 0 Å². The maximum Gasteiger partial charge on any atom is 0.336 e. The molecule has 0 aliphatic carbocycles. The second-order valence-corrected chi connectivity index (χ2v) is 4.14. The maximum atomic E-state index is 11.5. The van der Waals surface area contributed by atoms with E-state index in [1.807, 2.05) is 25.1 Å². The molecule has 20 heavy (non-hydrogen) atoms. The van der Waals surface area contributed by atoms with Gasteiger partial charge < -0.3 is 4.74 Å². The predicted molar refractivity (Wildman–Crippen MR) is 78.3 cm³/mol. The molecular weight excluding hydrogens is 250 g/mol. The number of rotatable bonds is 3. The number of hydrogen-bond donors (Lipinski definition) is 0. The molecule has 0 atom stereocenters. The summed E-state index contributed by atoms with van der Waals surface area (Å²) < 4.78 is 5.20. The predicted octanol–water partition coefficient (Wildman–Crippen LogP) is 3.75. The monoisotopic (exact) mass is 263 g/mol. The Morgan fingerprint density at radius 1 is 1.15 bits per heavy atom. The van der Waals surface area contributed by atoms with Gasteiger partial charge in [-0.2, -0.15) is 5.26 Å². The van der Waals surface area contributed by atoms with Gasteiger partial charge in [-0.1, -0.05) is 30.4 Å². The number of nitriles is 1. The number of benzene rings is 2. The summed E-state index contributed by atoms with van der Waals surface area (Å²) in [6, 6.07) is 12.8. The zero-order valence-corrected chi connectivity index (χ0v) is 11.0. The summed E-state index contributed by atoms with van der Waals surface area (Å²) in [6.07, 6.45) is 6.57.